The van der Waals surface area contributed by atoms with Crippen molar-refractivity contribution >= 4 is 17.3 Å². The van der Waals surface area contributed by atoms with Gasteiger partial charge in [-0.25, -0.2) is 0 Å². The first-order valence-corrected chi connectivity index (χ1v) is 10.0. The number of aryl methyl sites for hydroxylation is 1. The first kappa shape index (κ1) is 19.1. The molecule has 29 heavy (non-hydrogen) atoms. The maximum absolute atomic E-state index is 13.1. The van der Waals surface area contributed by atoms with Crippen LogP contribution in [0.1, 0.15) is 30.5 Å². The van der Waals surface area contributed by atoms with Gasteiger partial charge in [0.1, 0.15) is 5.75 Å². The molecule has 148 valence electrons. The van der Waals surface area contributed by atoms with Gasteiger partial charge < -0.3 is 15.0 Å². The smallest absolute Gasteiger partial charge is 0.265 e. The molecule has 1 heterocycles. The lowest BCUT2D eigenvalue weighted by molar-refractivity contribution is -0.121. The van der Waals surface area contributed by atoms with Gasteiger partial charge in [-0.1, -0.05) is 54.1 Å². The molecule has 1 N–H and O–H groups in total. The Labute approximate surface area is 172 Å². The molecule has 0 fully saturated rings. The molecule has 0 aliphatic carbocycles. The maximum atomic E-state index is 13.1. The number of amides is 1. The van der Waals surface area contributed by atoms with Gasteiger partial charge in [0.2, 0.25) is 0 Å². The molecule has 3 aromatic carbocycles. The van der Waals surface area contributed by atoms with Crippen LogP contribution in [0.25, 0.3) is 0 Å². The first-order chi connectivity index (χ1) is 14.1. The fraction of sp³-hybridized carbons (Fsp3) is 0.240. The third-order valence-corrected chi connectivity index (χ3v) is 5.36. The van der Waals surface area contributed by atoms with Crippen LogP contribution in [0.15, 0.2) is 78.9 Å². The molecule has 0 aromatic heterocycles. The Morgan fingerprint density at radius 3 is 2.45 bits per heavy atom. The molecule has 2 unspecified atom stereocenters. The summed E-state index contributed by atoms with van der Waals surface area (Å²) >= 11 is 0. The SMILES string of the molecule is Cc1ccc(OCC(=O)N2c3ccccc3C(Nc3ccccc3)CC2C)cc1. The van der Waals surface area contributed by atoms with E-state index < -0.39 is 0 Å². The lowest BCUT2D eigenvalue weighted by atomic mass is 9.91. The van der Waals surface area contributed by atoms with Crippen LogP contribution in [0.2, 0.25) is 0 Å². The van der Waals surface area contributed by atoms with Crippen molar-refractivity contribution in [3.63, 3.8) is 0 Å². The second kappa shape index (κ2) is 8.39. The fourth-order valence-electron chi connectivity index (χ4n) is 3.91. The minimum Gasteiger partial charge on any atom is -0.484 e. The summed E-state index contributed by atoms with van der Waals surface area (Å²) in [6, 6.07) is 26.3. The number of nitrogens with one attached hydrogen (secondary N) is 1. The van der Waals surface area contributed by atoms with Crippen LogP contribution in [-0.2, 0) is 4.79 Å². The quantitative estimate of drug-likeness (QED) is 0.642. The summed E-state index contributed by atoms with van der Waals surface area (Å²) in [5.41, 5.74) is 4.34. The van der Waals surface area contributed by atoms with Gasteiger partial charge in [0.25, 0.3) is 5.91 Å². The minimum absolute atomic E-state index is 0.0244. The predicted molar refractivity (Wildman–Crippen MR) is 117 cm³/mol. The highest BCUT2D eigenvalue weighted by Crippen LogP contribution is 2.38. The molecule has 1 aliphatic rings. The van der Waals surface area contributed by atoms with E-state index in [4.69, 9.17) is 4.74 Å². The van der Waals surface area contributed by atoms with Crippen LogP contribution in [0.5, 0.6) is 5.75 Å². The van der Waals surface area contributed by atoms with E-state index in [0.29, 0.717) is 5.75 Å². The summed E-state index contributed by atoms with van der Waals surface area (Å²) in [5.74, 6) is 0.689. The average molecular weight is 386 g/mol. The van der Waals surface area contributed by atoms with Gasteiger partial charge in [-0.05, 0) is 56.2 Å². The van der Waals surface area contributed by atoms with E-state index in [0.717, 1.165) is 23.4 Å². The minimum atomic E-state index is -0.0244. The number of carbonyl (C=O) groups excluding carboxylic acids is 1. The predicted octanol–water partition coefficient (Wildman–Crippen LogP) is 5.35. The van der Waals surface area contributed by atoms with Crippen molar-refractivity contribution < 1.29 is 9.53 Å². The lowest BCUT2D eigenvalue weighted by Gasteiger charge is -2.40. The molecule has 4 rings (SSSR count). The van der Waals surface area contributed by atoms with Crippen molar-refractivity contribution in [3.8, 4) is 5.75 Å². The van der Waals surface area contributed by atoms with E-state index in [9.17, 15) is 4.79 Å². The molecule has 4 heteroatoms. The summed E-state index contributed by atoms with van der Waals surface area (Å²) in [5, 5.41) is 3.62. The van der Waals surface area contributed by atoms with Crippen molar-refractivity contribution in [2.45, 2.75) is 32.4 Å². The number of ether oxygens (including phenoxy) is 1. The Morgan fingerprint density at radius 1 is 1.00 bits per heavy atom. The highest BCUT2D eigenvalue weighted by atomic mass is 16.5. The lowest BCUT2D eigenvalue weighted by Crippen LogP contribution is -2.46. The van der Waals surface area contributed by atoms with E-state index in [-0.39, 0.29) is 24.6 Å². The van der Waals surface area contributed by atoms with Crippen LogP contribution >= 0.6 is 0 Å². The van der Waals surface area contributed by atoms with E-state index in [1.54, 1.807) is 0 Å². The van der Waals surface area contributed by atoms with Gasteiger partial charge in [0, 0.05) is 17.4 Å². The summed E-state index contributed by atoms with van der Waals surface area (Å²) in [6.45, 7) is 4.15. The zero-order chi connectivity index (χ0) is 20.2. The number of hydrogen-bond donors (Lipinski definition) is 1. The Balaban J connectivity index is 1.53. The summed E-state index contributed by atoms with van der Waals surface area (Å²) in [7, 11) is 0. The molecule has 0 saturated carbocycles. The topological polar surface area (TPSA) is 41.6 Å². The zero-order valence-corrected chi connectivity index (χ0v) is 16.8. The number of carbonyl (C=O) groups is 1. The Bertz CT molecular complexity index is 970. The van der Waals surface area contributed by atoms with Crippen LogP contribution in [0.4, 0.5) is 11.4 Å². The summed E-state index contributed by atoms with van der Waals surface area (Å²) in [4.78, 5) is 14.9. The molecule has 1 aliphatic heterocycles. The second-order valence-corrected chi connectivity index (χ2v) is 7.57. The van der Waals surface area contributed by atoms with Crippen LogP contribution in [-0.4, -0.2) is 18.6 Å². The van der Waals surface area contributed by atoms with Crippen LogP contribution in [0.3, 0.4) is 0 Å². The van der Waals surface area contributed by atoms with E-state index in [1.807, 2.05) is 72.5 Å². The number of hydrogen-bond acceptors (Lipinski definition) is 3. The van der Waals surface area contributed by atoms with Crippen molar-refractivity contribution in [2.75, 3.05) is 16.8 Å². The highest BCUT2D eigenvalue weighted by molar-refractivity contribution is 5.96. The fourth-order valence-corrected chi connectivity index (χ4v) is 3.91. The molecule has 3 aromatic rings. The Morgan fingerprint density at radius 2 is 1.69 bits per heavy atom. The standard InChI is InChI=1S/C25H26N2O2/c1-18-12-14-21(15-13-18)29-17-25(28)27-19(2)16-23(22-10-6-7-11-24(22)27)26-20-8-4-3-5-9-20/h3-15,19,23,26H,16-17H2,1-2H3. The molecule has 0 radical (unpaired) electrons. The van der Waals surface area contributed by atoms with Crippen molar-refractivity contribution in [3.05, 3.63) is 90.0 Å². The van der Waals surface area contributed by atoms with Gasteiger partial charge in [0.15, 0.2) is 6.61 Å². The number of anilines is 2. The van der Waals surface area contributed by atoms with Gasteiger partial charge in [-0.2, -0.15) is 0 Å². The van der Waals surface area contributed by atoms with Gasteiger partial charge in [-0.15, -0.1) is 0 Å². The van der Waals surface area contributed by atoms with E-state index in [1.165, 1.54) is 5.56 Å². The van der Waals surface area contributed by atoms with Crippen molar-refractivity contribution in [1.29, 1.82) is 0 Å². The number of nitrogens with zero attached hydrogens (tertiary/aromatic N) is 1. The molecular weight excluding hydrogens is 360 g/mol. The normalized spacial score (nSPS) is 18.1. The van der Waals surface area contributed by atoms with Crippen LogP contribution < -0.4 is 15.0 Å². The first-order valence-electron chi connectivity index (χ1n) is 10.0. The average Bonchev–Trinajstić information content (AvgIpc) is 2.74. The van der Waals surface area contributed by atoms with E-state index >= 15 is 0 Å². The number of para-hydroxylation sites is 2. The van der Waals surface area contributed by atoms with Crippen molar-refractivity contribution in [2.24, 2.45) is 0 Å². The Hall–Kier alpha value is -3.27. The monoisotopic (exact) mass is 386 g/mol. The van der Waals surface area contributed by atoms with Gasteiger partial charge in [0.05, 0.1) is 6.04 Å². The molecule has 2 atom stereocenters. The second-order valence-electron chi connectivity index (χ2n) is 7.57. The Kier molecular flexibility index (Phi) is 5.52. The van der Waals surface area contributed by atoms with Crippen molar-refractivity contribution in [1.82, 2.24) is 0 Å². The number of benzene rings is 3. The summed E-state index contributed by atoms with van der Waals surface area (Å²) < 4.78 is 5.76. The largest absolute Gasteiger partial charge is 0.484 e. The molecular formula is C25H26N2O2. The molecule has 0 bridgehead atoms. The number of fused-ring (bicyclic) bond motifs is 1. The molecule has 0 saturated heterocycles. The maximum Gasteiger partial charge on any atom is 0.265 e. The third-order valence-electron chi connectivity index (χ3n) is 5.36. The molecule has 0 spiro atoms. The van der Waals surface area contributed by atoms with Crippen LogP contribution in [0, 0.1) is 6.92 Å². The third kappa shape index (κ3) is 4.27. The summed E-state index contributed by atoms with van der Waals surface area (Å²) in [6.07, 6.45) is 0.835. The van der Waals surface area contributed by atoms with Gasteiger partial charge >= 0.3 is 0 Å². The zero-order valence-electron chi connectivity index (χ0n) is 16.8. The molecule has 4 nitrogen and oxygen atoms in total. The number of rotatable bonds is 5. The molecule has 1 amide bonds. The highest BCUT2D eigenvalue weighted by Gasteiger charge is 2.33. The van der Waals surface area contributed by atoms with Gasteiger partial charge in [-0.3, -0.25) is 4.79 Å². The van der Waals surface area contributed by atoms with E-state index in [2.05, 4.69) is 30.4 Å².